The topological polar surface area (TPSA) is 79.3 Å². The second kappa shape index (κ2) is 10.5. The van der Waals surface area contributed by atoms with Crippen LogP contribution in [0.15, 0.2) is 23.3 Å². The number of hydrogen-bond acceptors (Lipinski definition) is 5. The van der Waals surface area contributed by atoms with E-state index < -0.39 is 0 Å². The number of aromatic nitrogens is 1. The number of nitrogens with one attached hydrogen (secondary N) is 1. The fourth-order valence-corrected chi connectivity index (χ4v) is 2.71. The van der Waals surface area contributed by atoms with Crippen LogP contribution < -0.4 is 10.1 Å². The first kappa shape index (κ1) is 19.8. The molecule has 2 rings (SSSR count). The number of aliphatic imine (C=N–C) groups is 1. The van der Waals surface area contributed by atoms with E-state index in [0.717, 1.165) is 31.2 Å². The molecule has 26 heavy (non-hydrogen) atoms. The number of guanidine groups is 1. The minimum absolute atomic E-state index is 0.245. The van der Waals surface area contributed by atoms with Gasteiger partial charge < -0.3 is 24.6 Å². The summed E-state index contributed by atoms with van der Waals surface area (Å²) in [5.41, 5.74) is 0.954. The Labute approximate surface area is 155 Å². The van der Waals surface area contributed by atoms with E-state index in [0.29, 0.717) is 38.7 Å². The molecule has 0 unspecified atom stereocenters. The summed E-state index contributed by atoms with van der Waals surface area (Å²) in [6, 6.07) is 3.86. The van der Waals surface area contributed by atoms with E-state index in [9.17, 15) is 4.79 Å². The third-order valence-electron chi connectivity index (χ3n) is 3.97. The average molecular weight is 363 g/mol. The normalized spacial score (nSPS) is 15.0. The maximum Gasteiger partial charge on any atom is 0.409 e. The second-order valence-corrected chi connectivity index (χ2v) is 5.74. The third-order valence-corrected chi connectivity index (χ3v) is 3.97. The van der Waals surface area contributed by atoms with Crippen molar-refractivity contribution >= 4 is 12.1 Å². The summed E-state index contributed by atoms with van der Waals surface area (Å²) in [5.74, 6) is 1.46. The summed E-state index contributed by atoms with van der Waals surface area (Å²) in [5, 5.41) is 3.32. The molecule has 1 N–H and O–H groups in total. The second-order valence-electron chi connectivity index (χ2n) is 5.74. The van der Waals surface area contributed by atoms with E-state index in [4.69, 9.17) is 14.5 Å². The average Bonchev–Trinajstić information content (AvgIpc) is 2.67. The fourth-order valence-electron chi connectivity index (χ4n) is 2.71. The highest BCUT2D eigenvalue weighted by Gasteiger charge is 2.23. The minimum Gasteiger partial charge on any atom is -0.478 e. The molecule has 0 aliphatic carbocycles. The van der Waals surface area contributed by atoms with Gasteiger partial charge >= 0.3 is 6.09 Å². The molecule has 0 spiro atoms. The zero-order valence-electron chi connectivity index (χ0n) is 15.9. The number of carbonyl (C=O) groups is 1. The molecule has 1 amide bonds. The van der Waals surface area contributed by atoms with E-state index >= 15 is 0 Å². The zero-order valence-corrected chi connectivity index (χ0v) is 15.9. The van der Waals surface area contributed by atoms with Gasteiger partial charge in [-0.1, -0.05) is 6.07 Å². The van der Waals surface area contributed by atoms with Crippen molar-refractivity contribution in [2.75, 3.05) is 45.9 Å². The van der Waals surface area contributed by atoms with Crippen molar-refractivity contribution in [3.8, 4) is 5.88 Å². The summed E-state index contributed by atoms with van der Waals surface area (Å²) in [6.45, 7) is 10.7. The van der Waals surface area contributed by atoms with E-state index in [1.165, 1.54) is 0 Å². The Kier molecular flexibility index (Phi) is 7.98. The van der Waals surface area contributed by atoms with Crippen LogP contribution in [0.5, 0.6) is 5.88 Å². The largest absolute Gasteiger partial charge is 0.478 e. The van der Waals surface area contributed by atoms with Gasteiger partial charge in [-0.05, 0) is 26.8 Å². The number of pyridine rings is 1. The van der Waals surface area contributed by atoms with Gasteiger partial charge in [0, 0.05) is 44.5 Å². The Morgan fingerprint density at radius 2 is 1.92 bits per heavy atom. The first-order valence-corrected chi connectivity index (χ1v) is 9.21. The summed E-state index contributed by atoms with van der Waals surface area (Å²) >= 11 is 0. The molecule has 1 aliphatic rings. The number of amides is 1. The lowest BCUT2D eigenvalue weighted by Crippen LogP contribution is -2.53. The van der Waals surface area contributed by atoms with Gasteiger partial charge in [0.25, 0.3) is 0 Å². The van der Waals surface area contributed by atoms with Crippen LogP contribution in [-0.2, 0) is 11.3 Å². The van der Waals surface area contributed by atoms with Crippen molar-refractivity contribution in [2.45, 2.75) is 27.3 Å². The number of ether oxygens (including phenoxy) is 2. The number of nitrogens with zero attached hydrogens (tertiary/aromatic N) is 4. The maximum atomic E-state index is 11.8. The summed E-state index contributed by atoms with van der Waals surface area (Å²) in [7, 11) is 0. The Hall–Kier alpha value is -2.51. The lowest BCUT2D eigenvalue weighted by Gasteiger charge is -2.35. The molecule has 1 aromatic rings. The van der Waals surface area contributed by atoms with Crippen LogP contribution in [0.3, 0.4) is 0 Å². The monoisotopic (exact) mass is 363 g/mol. The highest BCUT2D eigenvalue weighted by molar-refractivity contribution is 5.80. The molecule has 144 valence electrons. The van der Waals surface area contributed by atoms with Crippen molar-refractivity contribution in [1.82, 2.24) is 20.1 Å². The van der Waals surface area contributed by atoms with E-state index in [-0.39, 0.29) is 6.09 Å². The molecule has 1 fully saturated rings. The summed E-state index contributed by atoms with van der Waals surface area (Å²) < 4.78 is 10.6. The molecule has 8 nitrogen and oxygen atoms in total. The van der Waals surface area contributed by atoms with Gasteiger partial charge in [0.2, 0.25) is 5.88 Å². The van der Waals surface area contributed by atoms with Crippen LogP contribution in [-0.4, -0.2) is 72.8 Å². The van der Waals surface area contributed by atoms with Crippen LogP contribution in [0.25, 0.3) is 0 Å². The van der Waals surface area contributed by atoms with Crippen LogP contribution in [0, 0.1) is 0 Å². The SMILES string of the molecule is CCNC(=NCc1cccnc1OCC)N1CCN(C(=O)OCC)CC1. The van der Waals surface area contributed by atoms with Crippen molar-refractivity contribution in [3.63, 3.8) is 0 Å². The van der Waals surface area contributed by atoms with Crippen molar-refractivity contribution in [1.29, 1.82) is 0 Å². The molecular weight excluding hydrogens is 334 g/mol. The van der Waals surface area contributed by atoms with E-state index in [1.807, 2.05) is 32.9 Å². The predicted molar refractivity (Wildman–Crippen MR) is 100 cm³/mol. The van der Waals surface area contributed by atoms with Crippen molar-refractivity contribution in [2.24, 2.45) is 4.99 Å². The molecule has 0 atom stereocenters. The molecule has 0 aromatic carbocycles. The number of carbonyl (C=O) groups excluding carboxylic acids is 1. The molecule has 2 heterocycles. The van der Waals surface area contributed by atoms with Gasteiger partial charge in [0.15, 0.2) is 5.96 Å². The summed E-state index contributed by atoms with van der Waals surface area (Å²) in [6.07, 6.45) is 1.48. The lowest BCUT2D eigenvalue weighted by molar-refractivity contribution is 0.0914. The first-order valence-electron chi connectivity index (χ1n) is 9.21. The van der Waals surface area contributed by atoms with Gasteiger partial charge in [-0.25, -0.2) is 14.8 Å². The molecule has 1 aliphatic heterocycles. The molecule has 0 saturated carbocycles. The molecule has 0 radical (unpaired) electrons. The lowest BCUT2D eigenvalue weighted by atomic mass is 10.3. The predicted octanol–water partition coefficient (Wildman–Crippen LogP) is 1.72. The Morgan fingerprint density at radius 1 is 1.19 bits per heavy atom. The third kappa shape index (κ3) is 5.50. The van der Waals surface area contributed by atoms with Crippen LogP contribution >= 0.6 is 0 Å². The van der Waals surface area contributed by atoms with Gasteiger partial charge in [0.1, 0.15) is 0 Å². The quantitative estimate of drug-likeness (QED) is 0.612. The minimum atomic E-state index is -0.245. The Morgan fingerprint density at radius 3 is 2.58 bits per heavy atom. The van der Waals surface area contributed by atoms with E-state index in [2.05, 4.69) is 15.2 Å². The number of hydrogen-bond donors (Lipinski definition) is 1. The molecule has 8 heteroatoms. The van der Waals surface area contributed by atoms with Gasteiger partial charge in [-0.3, -0.25) is 0 Å². The van der Waals surface area contributed by atoms with Crippen molar-refractivity contribution in [3.05, 3.63) is 23.9 Å². The van der Waals surface area contributed by atoms with Crippen LogP contribution in [0.2, 0.25) is 0 Å². The highest BCUT2D eigenvalue weighted by atomic mass is 16.6. The van der Waals surface area contributed by atoms with Crippen LogP contribution in [0.4, 0.5) is 4.79 Å². The standard InChI is InChI=1S/C18H29N5O3/c1-4-19-17(21-14-15-8-7-9-20-16(15)25-5-2)22-10-12-23(13-11-22)18(24)26-6-3/h7-9H,4-6,10-14H2,1-3H3,(H,19,21). The van der Waals surface area contributed by atoms with E-state index in [1.54, 1.807) is 11.1 Å². The number of rotatable bonds is 6. The fraction of sp³-hybridized carbons (Fsp3) is 0.611. The van der Waals surface area contributed by atoms with Gasteiger partial charge in [-0.2, -0.15) is 0 Å². The molecule has 0 bridgehead atoms. The van der Waals surface area contributed by atoms with Crippen molar-refractivity contribution < 1.29 is 14.3 Å². The van der Waals surface area contributed by atoms with Gasteiger partial charge in [-0.15, -0.1) is 0 Å². The Bertz CT molecular complexity index is 600. The molecule has 1 aromatic heterocycles. The first-order chi connectivity index (χ1) is 12.7. The zero-order chi connectivity index (χ0) is 18.8. The van der Waals surface area contributed by atoms with Crippen LogP contribution in [0.1, 0.15) is 26.3 Å². The number of piperazine rings is 1. The summed E-state index contributed by atoms with van der Waals surface area (Å²) in [4.78, 5) is 24.7. The highest BCUT2D eigenvalue weighted by Crippen LogP contribution is 2.15. The smallest absolute Gasteiger partial charge is 0.409 e. The van der Waals surface area contributed by atoms with Gasteiger partial charge in [0.05, 0.1) is 19.8 Å². The molecule has 1 saturated heterocycles. The molecular formula is C18H29N5O3. The Balaban J connectivity index is 2.00. The maximum absolute atomic E-state index is 11.8.